The molecule has 0 aliphatic heterocycles. The molecule has 2 N–H and O–H groups in total. The zero-order chi connectivity index (χ0) is 20.2. The fourth-order valence-corrected chi connectivity index (χ4v) is 3.48. The summed E-state index contributed by atoms with van der Waals surface area (Å²) in [6.07, 6.45) is -1.01. The predicted molar refractivity (Wildman–Crippen MR) is 108 cm³/mol. The molecule has 0 unspecified atom stereocenters. The average Bonchev–Trinajstić information content (AvgIpc) is 2.48. The van der Waals surface area contributed by atoms with Crippen molar-refractivity contribution in [3.63, 3.8) is 0 Å². The molecule has 0 aliphatic rings. The second-order valence-corrected chi connectivity index (χ2v) is 13.9. The van der Waals surface area contributed by atoms with E-state index in [0.717, 1.165) is 5.56 Å². The van der Waals surface area contributed by atoms with Gasteiger partial charge in [0.15, 0.2) is 8.32 Å². The molecule has 0 heterocycles. The van der Waals surface area contributed by atoms with E-state index in [-0.39, 0.29) is 11.6 Å². The monoisotopic (exact) mass is 381 g/mol. The van der Waals surface area contributed by atoms with E-state index in [9.17, 15) is 9.90 Å². The minimum absolute atomic E-state index is 0.00591. The number of rotatable bonds is 6. The summed E-state index contributed by atoms with van der Waals surface area (Å²) in [5.41, 5.74) is 0.319. The highest BCUT2D eigenvalue weighted by Gasteiger charge is 2.41. The molecule has 0 aliphatic carbocycles. The quantitative estimate of drug-likeness (QED) is 0.705. The van der Waals surface area contributed by atoms with Crippen molar-refractivity contribution in [1.29, 1.82) is 0 Å². The summed E-state index contributed by atoms with van der Waals surface area (Å²) in [7, 11) is -2.13. The smallest absolute Gasteiger partial charge is 0.408 e. The first-order valence-corrected chi connectivity index (χ1v) is 12.0. The van der Waals surface area contributed by atoms with E-state index in [0.29, 0.717) is 0 Å². The second kappa shape index (κ2) is 8.54. The maximum absolute atomic E-state index is 12.2. The van der Waals surface area contributed by atoms with Crippen LogP contribution in [0.4, 0.5) is 4.79 Å². The number of alkyl carbamates (subject to hydrolysis) is 1. The van der Waals surface area contributed by atoms with Crippen LogP contribution in [0.3, 0.4) is 0 Å². The van der Waals surface area contributed by atoms with Crippen LogP contribution in [0.25, 0.3) is 0 Å². The molecule has 6 heteroatoms. The SMILES string of the molecule is CC(C)(C)OC(=O)N[C@@H](CO)[C@@H](O[Si](C)(C)C(C)(C)C)c1ccccc1. The minimum Gasteiger partial charge on any atom is -0.444 e. The van der Waals surface area contributed by atoms with Crippen LogP contribution in [0.5, 0.6) is 0 Å². The fourth-order valence-electron chi connectivity index (χ4n) is 2.20. The molecule has 1 rings (SSSR count). The Morgan fingerprint density at radius 1 is 1.12 bits per heavy atom. The Morgan fingerprint density at radius 3 is 2.08 bits per heavy atom. The van der Waals surface area contributed by atoms with E-state index < -0.39 is 32.2 Å². The summed E-state index contributed by atoms with van der Waals surface area (Å²) >= 11 is 0. The van der Waals surface area contributed by atoms with Gasteiger partial charge in [-0.1, -0.05) is 51.1 Å². The van der Waals surface area contributed by atoms with Crippen LogP contribution in [0.15, 0.2) is 30.3 Å². The molecular formula is C20H35NO4Si. The van der Waals surface area contributed by atoms with Gasteiger partial charge >= 0.3 is 6.09 Å². The number of carbonyl (C=O) groups is 1. The molecule has 0 fully saturated rings. The molecule has 148 valence electrons. The van der Waals surface area contributed by atoms with E-state index in [1.54, 1.807) is 20.8 Å². The lowest BCUT2D eigenvalue weighted by atomic mass is 10.0. The normalized spacial score (nSPS) is 15.3. The van der Waals surface area contributed by atoms with Crippen LogP contribution in [-0.4, -0.2) is 37.8 Å². The zero-order valence-corrected chi connectivity index (χ0v) is 18.4. The van der Waals surface area contributed by atoms with Crippen LogP contribution in [0.2, 0.25) is 18.1 Å². The Balaban J connectivity index is 3.12. The number of nitrogens with one attached hydrogen (secondary N) is 1. The molecule has 0 radical (unpaired) electrons. The van der Waals surface area contributed by atoms with Gasteiger partial charge in [-0.25, -0.2) is 4.79 Å². The van der Waals surface area contributed by atoms with Crippen LogP contribution >= 0.6 is 0 Å². The Labute approximate surface area is 159 Å². The summed E-state index contributed by atoms with van der Waals surface area (Å²) in [6, 6.07) is 9.11. The highest BCUT2D eigenvalue weighted by molar-refractivity contribution is 6.74. The number of hydrogen-bond donors (Lipinski definition) is 2. The number of hydrogen-bond acceptors (Lipinski definition) is 4. The van der Waals surface area contributed by atoms with Crippen molar-refractivity contribution >= 4 is 14.4 Å². The molecule has 0 spiro atoms. The Morgan fingerprint density at radius 2 is 1.65 bits per heavy atom. The average molecular weight is 382 g/mol. The van der Waals surface area contributed by atoms with Crippen molar-refractivity contribution in [2.75, 3.05) is 6.61 Å². The van der Waals surface area contributed by atoms with Crippen molar-refractivity contribution < 1.29 is 19.1 Å². The molecule has 0 aromatic heterocycles. The Hall–Kier alpha value is -1.37. The lowest BCUT2D eigenvalue weighted by Gasteiger charge is -2.41. The predicted octanol–water partition coefficient (Wildman–Crippen LogP) is 4.64. The molecule has 26 heavy (non-hydrogen) atoms. The summed E-state index contributed by atoms with van der Waals surface area (Å²) in [4.78, 5) is 12.2. The van der Waals surface area contributed by atoms with Crippen LogP contribution < -0.4 is 5.32 Å². The van der Waals surface area contributed by atoms with E-state index >= 15 is 0 Å². The van der Waals surface area contributed by atoms with Gasteiger partial charge in [-0.3, -0.25) is 0 Å². The third-order valence-corrected chi connectivity index (χ3v) is 9.08. The van der Waals surface area contributed by atoms with Crippen LogP contribution in [-0.2, 0) is 9.16 Å². The summed E-state index contributed by atoms with van der Waals surface area (Å²) in [5, 5.41) is 12.8. The highest BCUT2D eigenvalue weighted by atomic mass is 28.4. The molecule has 0 bridgehead atoms. The molecule has 2 atom stereocenters. The van der Waals surface area contributed by atoms with Gasteiger partial charge in [0.05, 0.1) is 18.8 Å². The highest BCUT2D eigenvalue weighted by Crippen LogP contribution is 2.40. The first-order chi connectivity index (χ1) is 11.8. The first-order valence-electron chi connectivity index (χ1n) is 9.10. The van der Waals surface area contributed by atoms with Crippen molar-refractivity contribution in [1.82, 2.24) is 5.32 Å². The maximum Gasteiger partial charge on any atom is 0.408 e. The third kappa shape index (κ3) is 6.74. The van der Waals surface area contributed by atoms with Gasteiger partial charge in [0.2, 0.25) is 0 Å². The number of amides is 1. The van der Waals surface area contributed by atoms with Gasteiger partial charge in [-0.15, -0.1) is 0 Å². The first kappa shape index (κ1) is 22.7. The van der Waals surface area contributed by atoms with Crippen LogP contribution in [0, 0.1) is 0 Å². The van der Waals surface area contributed by atoms with Crippen molar-refractivity contribution in [2.24, 2.45) is 0 Å². The molecule has 5 nitrogen and oxygen atoms in total. The Bertz CT molecular complexity index is 576. The fraction of sp³-hybridized carbons (Fsp3) is 0.650. The lowest BCUT2D eigenvalue weighted by Crippen LogP contribution is -2.50. The minimum atomic E-state index is -2.13. The number of ether oxygens (including phenoxy) is 1. The van der Waals surface area contributed by atoms with E-state index in [4.69, 9.17) is 9.16 Å². The van der Waals surface area contributed by atoms with E-state index in [2.05, 4.69) is 39.2 Å². The van der Waals surface area contributed by atoms with Crippen LogP contribution in [0.1, 0.15) is 53.2 Å². The topological polar surface area (TPSA) is 67.8 Å². The summed E-state index contributed by atoms with van der Waals surface area (Å²) in [6.45, 7) is 16.0. The summed E-state index contributed by atoms with van der Waals surface area (Å²) < 4.78 is 11.9. The van der Waals surface area contributed by atoms with Crippen molar-refractivity contribution in [2.45, 2.75) is 77.4 Å². The van der Waals surface area contributed by atoms with Crippen molar-refractivity contribution in [3.05, 3.63) is 35.9 Å². The maximum atomic E-state index is 12.2. The summed E-state index contributed by atoms with van der Waals surface area (Å²) in [5.74, 6) is 0. The number of aliphatic hydroxyl groups excluding tert-OH is 1. The number of aliphatic hydroxyl groups is 1. The Kier molecular flexibility index (Phi) is 7.45. The van der Waals surface area contributed by atoms with Gasteiger partial charge in [-0.2, -0.15) is 0 Å². The molecule has 1 aromatic carbocycles. The second-order valence-electron chi connectivity index (χ2n) is 9.14. The van der Waals surface area contributed by atoms with Crippen molar-refractivity contribution in [3.8, 4) is 0 Å². The van der Waals surface area contributed by atoms with E-state index in [1.165, 1.54) is 0 Å². The largest absolute Gasteiger partial charge is 0.444 e. The molecule has 1 amide bonds. The molecular weight excluding hydrogens is 346 g/mol. The molecule has 0 saturated heterocycles. The number of carbonyl (C=O) groups excluding carboxylic acids is 1. The van der Waals surface area contributed by atoms with Gasteiger partial charge in [0.25, 0.3) is 0 Å². The molecule has 0 saturated carbocycles. The van der Waals surface area contributed by atoms with E-state index in [1.807, 2.05) is 30.3 Å². The zero-order valence-electron chi connectivity index (χ0n) is 17.4. The molecule has 1 aromatic rings. The van der Waals surface area contributed by atoms with Gasteiger partial charge in [-0.05, 0) is 44.5 Å². The standard InChI is InChI=1S/C20H35NO4Si/c1-19(2,3)24-18(23)21-16(14-22)17(15-12-10-9-11-13-15)25-26(7,8)20(4,5)6/h9-13,16-17,22H,14H2,1-8H3,(H,21,23)/t16-,17-/m0/s1. The van der Waals surface area contributed by atoms with Gasteiger partial charge < -0.3 is 19.6 Å². The number of benzene rings is 1. The third-order valence-electron chi connectivity index (χ3n) is 4.62. The lowest BCUT2D eigenvalue weighted by molar-refractivity contribution is 0.0368. The van der Waals surface area contributed by atoms with Gasteiger partial charge in [0.1, 0.15) is 5.60 Å². The van der Waals surface area contributed by atoms with Gasteiger partial charge in [0, 0.05) is 0 Å².